The van der Waals surface area contributed by atoms with E-state index in [1.54, 1.807) is 5.38 Å². The van der Waals surface area contributed by atoms with Crippen molar-refractivity contribution in [2.75, 3.05) is 25.4 Å². The number of thiophene rings is 1. The van der Waals surface area contributed by atoms with E-state index < -0.39 is 15.9 Å². The van der Waals surface area contributed by atoms with Crippen LogP contribution in [0.5, 0.6) is 0 Å². The van der Waals surface area contributed by atoms with Crippen molar-refractivity contribution in [3.63, 3.8) is 0 Å². The number of hydrogen-bond acceptors (Lipinski definition) is 7. The second-order valence-corrected chi connectivity index (χ2v) is 10.6. The Balaban J connectivity index is 1.45. The largest absolute Gasteiger partial charge is 0.350 e. The number of nitrogens with one attached hydrogen (secondary N) is 1. The Hall–Kier alpha value is -2.21. The van der Waals surface area contributed by atoms with E-state index in [-0.39, 0.29) is 46.3 Å². The molecule has 4 rings (SSSR count). The molecule has 3 heterocycles. The van der Waals surface area contributed by atoms with Gasteiger partial charge in [0.15, 0.2) is 0 Å². The molecule has 3 amide bonds. The molecule has 2 aliphatic rings. The third kappa shape index (κ3) is 4.02. The number of fused-ring (bicyclic) bond motifs is 1. The van der Waals surface area contributed by atoms with E-state index in [1.165, 1.54) is 10.4 Å². The zero-order valence-corrected chi connectivity index (χ0v) is 18.3. The van der Waals surface area contributed by atoms with Crippen molar-refractivity contribution in [3.8, 4) is 0 Å². The quantitative estimate of drug-likeness (QED) is 0.699. The van der Waals surface area contributed by atoms with E-state index in [9.17, 15) is 22.8 Å². The van der Waals surface area contributed by atoms with E-state index in [1.807, 2.05) is 24.3 Å². The molecule has 11 heteroatoms. The minimum Gasteiger partial charge on any atom is -0.350 e. The highest BCUT2D eigenvalue weighted by Gasteiger charge is 2.33. The van der Waals surface area contributed by atoms with Crippen molar-refractivity contribution < 1.29 is 22.8 Å². The summed E-state index contributed by atoms with van der Waals surface area (Å²) in [6.07, 6.45) is 0.622. The van der Waals surface area contributed by atoms with Gasteiger partial charge in [0, 0.05) is 26.2 Å². The van der Waals surface area contributed by atoms with Crippen molar-refractivity contribution in [2.24, 2.45) is 0 Å². The van der Waals surface area contributed by atoms with Gasteiger partial charge in [0.05, 0.1) is 5.75 Å². The lowest BCUT2D eigenvalue weighted by atomic mass is 10.0. The van der Waals surface area contributed by atoms with Crippen LogP contribution in [0.25, 0.3) is 0 Å². The van der Waals surface area contributed by atoms with Crippen LogP contribution in [0.1, 0.15) is 20.8 Å². The first-order valence-electron chi connectivity index (χ1n) is 9.27. The lowest BCUT2D eigenvalue weighted by Crippen LogP contribution is -2.38. The van der Waals surface area contributed by atoms with Gasteiger partial charge in [0.2, 0.25) is 15.9 Å². The van der Waals surface area contributed by atoms with Gasteiger partial charge in [-0.1, -0.05) is 36.0 Å². The maximum atomic E-state index is 13.2. The summed E-state index contributed by atoms with van der Waals surface area (Å²) in [6.45, 7) is 0.748. The second kappa shape index (κ2) is 8.50. The Kier molecular flexibility index (Phi) is 5.96. The summed E-state index contributed by atoms with van der Waals surface area (Å²) < 4.78 is 27.8. The molecule has 0 bridgehead atoms. The average molecular weight is 466 g/mol. The maximum absolute atomic E-state index is 13.2. The third-order valence-electron chi connectivity index (χ3n) is 5.01. The molecule has 0 saturated carbocycles. The molecule has 1 fully saturated rings. The van der Waals surface area contributed by atoms with E-state index in [2.05, 4.69) is 5.32 Å². The standard InChI is InChI=1S/C19H19N3O5S3/c23-16-12-29-19(25)22(16)9-7-20-18(24)17-15(6-10-28-17)30(26,27)21-8-5-13-3-1-2-4-14(13)11-21/h1-4,6,10H,5,7-9,11-12H2,(H,20,24). The summed E-state index contributed by atoms with van der Waals surface area (Å²) in [4.78, 5) is 37.0. The summed E-state index contributed by atoms with van der Waals surface area (Å²) in [5, 5.41) is 3.86. The Morgan fingerprint density at radius 1 is 1.13 bits per heavy atom. The molecule has 1 saturated heterocycles. The van der Waals surface area contributed by atoms with Gasteiger partial charge in [-0.3, -0.25) is 19.3 Å². The van der Waals surface area contributed by atoms with Crippen molar-refractivity contribution in [3.05, 3.63) is 51.7 Å². The van der Waals surface area contributed by atoms with Crippen LogP contribution in [0.2, 0.25) is 0 Å². The first-order chi connectivity index (χ1) is 14.4. The first-order valence-corrected chi connectivity index (χ1v) is 12.6. The number of nitrogens with zero attached hydrogens (tertiary/aromatic N) is 2. The number of carbonyl (C=O) groups is 3. The highest BCUT2D eigenvalue weighted by atomic mass is 32.2. The van der Waals surface area contributed by atoms with Gasteiger partial charge in [-0.05, 0) is 29.0 Å². The summed E-state index contributed by atoms with van der Waals surface area (Å²) in [5.41, 5.74) is 2.10. The number of amides is 3. The van der Waals surface area contributed by atoms with E-state index in [0.29, 0.717) is 13.0 Å². The summed E-state index contributed by atoms with van der Waals surface area (Å²) in [5.74, 6) is -0.712. The topological polar surface area (TPSA) is 104 Å². The average Bonchev–Trinajstić information content (AvgIpc) is 3.36. The Morgan fingerprint density at radius 3 is 2.63 bits per heavy atom. The van der Waals surface area contributed by atoms with Gasteiger partial charge < -0.3 is 5.32 Å². The van der Waals surface area contributed by atoms with E-state index in [0.717, 1.165) is 39.1 Å². The fraction of sp³-hybridized carbons (Fsp3) is 0.316. The van der Waals surface area contributed by atoms with Crippen LogP contribution in [0.4, 0.5) is 4.79 Å². The molecule has 0 radical (unpaired) electrons. The van der Waals surface area contributed by atoms with Crippen molar-refractivity contribution >= 4 is 50.2 Å². The molecule has 8 nitrogen and oxygen atoms in total. The van der Waals surface area contributed by atoms with Gasteiger partial charge in [-0.2, -0.15) is 4.31 Å². The molecular weight excluding hydrogens is 446 g/mol. The van der Waals surface area contributed by atoms with Gasteiger partial charge in [0.1, 0.15) is 9.77 Å². The number of imide groups is 1. The van der Waals surface area contributed by atoms with Crippen LogP contribution in [0.3, 0.4) is 0 Å². The van der Waals surface area contributed by atoms with Crippen LogP contribution in [0.15, 0.2) is 40.6 Å². The summed E-state index contributed by atoms with van der Waals surface area (Å²) in [6, 6.07) is 9.17. The maximum Gasteiger partial charge on any atom is 0.288 e. The smallest absolute Gasteiger partial charge is 0.288 e. The van der Waals surface area contributed by atoms with Gasteiger partial charge >= 0.3 is 0 Å². The minimum absolute atomic E-state index is 0.0201. The van der Waals surface area contributed by atoms with Crippen LogP contribution < -0.4 is 5.32 Å². The van der Waals surface area contributed by atoms with Crippen molar-refractivity contribution in [1.29, 1.82) is 0 Å². The number of rotatable bonds is 6. The van der Waals surface area contributed by atoms with Gasteiger partial charge in [0.25, 0.3) is 11.1 Å². The lowest BCUT2D eigenvalue weighted by Gasteiger charge is -2.28. The molecule has 0 aliphatic carbocycles. The Morgan fingerprint density at radius 2 is 1.90 bits per heavy atom. The minimum atomic E-state index is -3.83. The SMILES string of the molecule is O=C(NCCN1C(=O)CSC1=O)c1sccc1S(=O)(=O)N1CCc2ccccc2C1. The normalized spacial score (nSPS) is 17.3. The summed E-state index contributed by atoms with van der Waals surface area (Å²) in [7, 11) is -3.83. The summed E-state index contributed by atoms with van der Waals surface area (Å²) >= 11 is 1.98. The molecule has 2 aromatic rings. The molecule has 0 spiro atoms. The molecular formula is C19H19N3O5S3. The molecule has 0 atom stereocenters. The highest BCUT2D eigenvalue weighted by Crippen LogP contribution is 2.29. The molecule has 2 aliphatic heterocycles. The number of hydrogen-bond donors (Lipinski definition) is 1. The van der Waals surface area contributed by atoms with Crippen LogP contribution >= 0.6 is 23.1 Å². The van der Waals surface area contributed by atoms with E-state index in [4.69, 9.17) is 0 Å². The predicted molar refractivity (Wildman–Crippen MR) is 114 cm³/mol. The number of sulfonamides is 1. The molecule has 30 heavy (non-hydrogen) atoms. The van der Waals surface area contributed by atoms with Crippen molar-refractivity contribution in [1.82, 2.24) is 14.5 Å². The predicted octanol–water partition coefficient (Wildman–Crippen LogP) is 1.92. The van der Waals surface area contributed by atoms with Gasteiger partial charge in [-0.15, -0.1) is 11.3 Å². The van der Waals surface area contributed by atoms with E-state index >= 15 is 0 Å². The first kappa shape index (κ1) is 21.0. The highest BCUT2D eigenvalue weighted by molar-refractivity contribution is 8.14. The molecule has 0 unspecified atom stereocenters. The Labute approximate surface area is 182 Å². The van der Waals surface area contributed by atoms with Crippen LogP contribution in [0, 0.1) is 0 Å². The Bertz CT molecular complexity index is 1100. The molecule has 158 valence electrons. The van der Waals surface area contributed by atoms with Crippen molar-refractivity contribution in [2.45, 2.75) is 17.9 Å². The zero-order chi connectivity index (χ0) is 21.3. The number of carbonyl (C=O) groups excluding carboxylic acids is 3. The van der Waals surface area contributed by atoms with Crippen LogP contribution in [-0.4, -0.2) is 60.1 Å². The lowest BCUT2D eigenvalue weighted by molar-refractivity contribution is -0.124. The molecule has 1 N–H and O–H groups in total. The number of benzene rings is 1. The fourth-order valence-electron chi connectivity index (χ4n) is 3.44. The second-order valence-electron chi connectivity index (χ2n) is 6.83. The number of thioether (sulfide) groups is 1. The molecule has 1 aromatic carbocycles. The zero-order valence-electron chi connectivity index (χ0n) is 15.9. The molecule has 1 aromatic heterocycles. The third-order valence-corrected chi connectivity index (χ3v) is 8.80. The monoisotopic (exact) mass is 465 g/mol. The fourth-order valence-corrected chi connectivity index (χ4v) is 6.93. The van der Waals surface area contributed by atoms with Crippen LogP contribution in [-0.2, 0) is 27.8 Å². The van der Waals surface area contributed by atoms with Gasteiger partial charge in [-0.25, -0.2) is 8.42 Å².